The third-order valence-corrected chi connectivity index (χ3v) is 6.17. The van der Waals surface area contributed by atoms with Crippen LogP contribution in [0.15, 0.2) is 47.6 Å². The Morgan fingerprint density at radius 3 is 2.50 bits per heavy atom. The number of hydrogen-bond donors (Lipinski definition) is 1. The summed E-state index contributed by atoms with van der Waals surface area (Å²) in [5.74, 6) is 0.448. The Balaban J connectivity index is 2.01. The normalized spacial score (nSPS) is 11.3. The molecule has 0 radical (unpaired) electrons. The predicted molar refractivity (Wildman–Crippen MR) is 110 cm³/mol. The van der Waals surface area contributed by atoms with Gasteiger partial charge in [0.1, 0.15) is 10.6 Å². The number of sulfonamides is 1. The maximum Gasteiger partial charge on any atom is 0.263 e. The Morgan fingerprint density at radius 1 is 1.04 bits per heavy atom. The van der Waals surface area contributed by atoms with Crippen LogP contribution in [0.2, 0.25) is 15.1 Å². The van der Waals surface area contributed by atoms with Crippen LogP contribution >= 0.6 is 34.8 Å². The van der Waals surface area contributed by atoms with E-state index in [2.05, 4.69) is 14.7 Å². The standard InChI is InChI=1S/C18H14Cl3N3O3S/c1-10-6-17(14(21)8-13(10)20)28(25,26)24-15-7-12(19)9-23-18(15)27-16-4-3-5-22-11(16)2/h3-9,24H,1-2H3. The van der Waals surface area contributed by atoms with Gasteiger partial charge in [-0.3, -0.25) is 9.71 Å². The van der Waals surface area contributed by atoms with Crippen molar-refractivity contribution in [2.75, 3.05) is 4.72 Å². The molecule has 0 saturated carbocycles. The topological polar surface area (TPSA) is 81.2 Å². The van der Waals surface area contributed by atoms with Crippen molar-refractivity contribution in [1.29, 1.82) is 0 Å². The molecule has 2 aromatic heterocycles. The predicted octanol–water partition coefficient (Wildman–Crippen LogP) is 5.65. The van der Waals surface area contributed by atoms with Gasteiger partial charge in [0.25, 0.3) is 10.0 Å². The van der Waals surface area contributed by atoms with Gasteiger partial charge in [-0.1, -0.05) is 34.8 Å². The maximum absolute atomic E-state index is 12.9. The third-order valence-electron chi connectivity index (χ3n) is 3.73. The minimum Gasteiger partial charge on any atom is -0.435 e. The number of aromatic nitrogens is 2. The van der Waals surface area contributed by atoms with Crippen LogP contribution in [-0.4, -0.2) is 18.4 Å². The van der Waals surface area contributed by atoms with Crippen LogP contribution < -0.4 is 9.46 Å². The van der Waals surface area contributed by atoms with Crippen molar-refractivity contribution in [2.24, 2.45) is 0 Å². The van der Waals surface area contributed by atoms with Gasteiger partial charge in [-0.25, -0.2) is 13.4 Å². The number of nitrogens with one attached hydrogen (secondary N) is 1. The molecule has 0 aliphatic heterocycles. The molecule has 0 unspecified atom stereocenters. The van der Waals surface area contributed by atoms with Crippen LogP contribution in [0.4, 0.5) is 5.69 Å². The molecule has 0 spiro atoms. The van der Waals surface area contributed by atoms with E-state index in [0.29, 0.717) is 22.0 Å². The largest absolute Gasteiger partial charge is 0.435 e. The summed E-state index contributed by atoms with van der Waals surface area (Å²) in [5, 5.41) is 0.583. The summed E-state index contributed by atoms with van der Waals surface area (Å²) >= 11 is 18.1. The van der Waals surface area contributed by atoms with E-state index < -0.39 is 10.0 Å². The van der Waals surface area contributed by atoms with E-state index in [4.69, 9.17) is 39.5 Å². The van der Waals surface area contributed by atoms with Crippen LogP contribution in [0.3, 0.4) is 0 Å². The van der Waals surface area contributed by atoms with E-state index in [-0.39, 0.29) is 26.5 Å². The zero-order valence-corrected chi connectivity index (χ0v) is 17.8. The fourth-order valence-electron chi connectivity index (χ4n) is 2.30. The van der Waals surface area contributed by atoms with Gasteiger partial charge >= 0.3 is 0 Å². The molecule has 3 aromatic rings. The van der Waals surface area contributed by atoms with Crippen molar-refractivity contribution in [2.45, 2.75) is 18.7 Å². The first-order valence-electron chi connectivity index (χ1n) is 7.91. The minimum absolute atomic E-state index is 0.0105. The highest BCUT2D eigenvalue weighted by Crippen LogP contribution is 2.34. The minimum atomic E-state index is -4.06. The Labute approximate surface area is 177 Å². The first-order valence-corrected chi connectivity index (χ1v) is 10.5. The summed E-state index contributed by atoms with van der Waals surface area (Å²) in [6, 6.07) is 7.54. The van der Waals surface area contributed by atoms with E-state index >= 15 is 0 Å². The lowest BCUT2D eigenvalue weighted by Crippen LogP contribution is -2.15. The van der Waals surface area contributed by atoms with Crippen molar-refractivity contribution in [3.8, 4) is 11.6 Å². The zero-order valence-electron chi connectivity index (χ0n) is 14.7. The second-order valence-electron chi connectivity index (χ2n) is 5.83. The highest BCUT2D eigenvalue weighted by molar-refractivity contribution is 7.92. The Morgan fingerprint density at radius 2 is 1.79 bits per heavy atom. The first kappa shape index (κ1) is 20.7. The van der Waals surface area contributed by atoms with Crippen LogP contribution in [0.5, 0.6) is 11.6 Å². The van der Waals surface area contributed by atoms with Crippen molar-refractivity contribution >= 4 is 50.5 Å². The summed E-state index contributed by atoms with van der Waals surface area (Å²) < 4.78 is 33.9. The van der Waals surface area contributed by atoms with Gasteiger partial charge in [0.05, 0.1) is 15.7 Å². The zero-order chi connectivity index (χ0) is 20.5. The maximum atomic E-state index is 12.9. The van der Waals surface area contributed by atoms with Gasteiger partial charge in [0.2, 0.25) is 5.88 Å². The molecule has 0 aliphatic rings. The second-order valence-corrected chi connectivity index (χ2v) is 8.73. The average Bonchev–Trinajstić information content (AvgIpc) is 2.61. The van der Waals surface area contributed by atoms with E-state index in [1.807, 2.05) is 0 Å². The summed E-state index contributed by atoms with van der Waals surface area (Å²) in [6.45, 7) is 3.43. The van der Waals surface area contributed by atoms with E-state index in [1.54, 1.807) is 32.2 Å². The third kappa shape index (κ3) is 4.50. The molecule has 0 bridgehead atoms. The highest BCUT2D eigenvalue weighted by atomic mass is 35.5. The summed E-state index contributed by atoms with van der Waals surface area (Å²) in [7, 11) is -4.06. The number of aryl methyl sites for hydroxylation is 2. The Hall–Kier alpha value is -2.06. The van der Waals surface area contributed by atoms with Gasteiger partial charge in [-0.15, -0.1) is 0 Å². The molecule has 2 heterocycles. The number of nitrogens with zero attached hydrogens (tertiary/aromatic N) is 2. The average molecular weight is 459 g/mol. The lowest BCUT2D eigenvalue weighted by Gasteiger charge is -2.15. The molecule has 10 heteroatoms. The van der Waals surface area contributed by atoms with Crippen LogP contribution in [0.25, 0.3) is 0 Å². The molecule has 28 heavy (non-hydrogen) atoms. The number of rotatable bonds is 5. The molecule has 0 fully saturated rings. The highest BCUT2D eigenvalue weighted by Gasteiger charge is 2.22. The number of hydrogen-bond acceptors (Lipinski definition) is 5. The molecule has 6 nitrogen and oxygen atoms in total. The van der Waals surface area contributed by atoms with Gasteiger partial charge < -0.3 is 4.74 Å². The van der Waals surface area contributed by atoms with E-state index in [0.717, 1.165) is 0 Å². The fourth-order valence-corrected chi connectivity index (χ4v) is 4.34. The summed E-state index contributed by atoms with van der Waals surface area (Å²) in [6.07, 6.45) is 2.96. The van der Waals surface area contributed by atoms with Gasteiger partial charge in [0.15, 0.2) is 5.75 Å². The number of benzene rings is 1. The monoisotopic (exact) mass is 457 g/mol. The molecule has 0 atom stereocenters. The molecular weight excluding hydrogens is 445 g/mol. The number of pyridine rings is 2. The van der Waals surface area contributed by atoms with Crippen molar-refractivity contribution in [1.82, 2.24) is 9.97 Å². The molecule has 3 rings (SSSR count). The van der Waals surface area contributed by atoms with Gasteiger partial charge in [0, 0.05) is 17.4 Å². The molecule has 1 aromatic carbocycles. The summed E-state index contributed by atoms with van der Waals surface area (Å²) in [4.78, 5) is 8.08. The SMILES string of the molecule is Cc1cc(S(=O)(=O)Nc2cc(Cl)cnc2Oc2cccnc2C)c(Cl)cc1Cl. The van der Waals surface area contributed by atoms with Crippen LogP contribution in [0.1, 0.15) is 11.3 Å². The van der Waals surface area contributed by atoms with E-state index in [1.165, 1.54) is 24.4 Å². The second kappa shape index (κ2) is 8.13. The molecule has 0 aliphatic carbocycles. The van der Waals surface area contributed by atoms with Crippen molar-refractivity contribution < 1.29 is 13.2 Å². The van der Waals surface area contributed by atoms with Gasteiger partial charge in [-0.2, -0.15) is 0 Å². The molecule has 146 valence electrons. The van der Waals surface area contributed by atoms with Crippen molar-refractivity contribution in [3.05, 3.63) is 69.1 Å². The summed E-state index contributed by atoms with van der Waals surface area (Å²) in [5.41, 5.74) is 1.24. The molecule has 0 amide bonds. The number of anilines is 1. The van der Waals surface area contributed by atoms with Gasteiger partial charge in [-0.05, 0) is 49.7 Å². The van der Waals surface area contributed by atoms with Crippen LogP contribution in [0, 0.1) is 13.8 Å². The number of halogens is 3. The fraction of sp³-hybridized carbons (Fsp3) is 0.111. The van der Waals surface area contributed by atoms with Crippen LogP contribution in [-0.2, 0) is 10.0 Å². The Bertz CT molecular complexity index is 1150. The molecule has 0 saturated heterocycles. The lowest BCUT2D eigenvalue weighted by atomic mass is 10.2. The molecular formula is C18H14Cl3N3O3S. The first-order chi connectivity index (χ1) is 13.2. The smallest absolute Gasteiger partial charge is 0.263 e. The Kier molecular flexibility index (Phi) is 6.00. The van der Waals surface area contributed by atoms with Crippen molar-refractivity contribution in [3.63, 3.8) is 0 Å². The van der Waals surface area contributed by atoms with E-state index in [9.17, 15) is 8.42 Å². The number of ether oxygens (including phenoxy) is 1. The lowest BCUT2D eigenvalue weighted by molar-refractivity contribution is 0.459. The quantitative estimate of drug-likeness (QED) is 0.534. The molecule has 1 N–H and O–H groups in total.